The fourth-order valence-electron chi connectivity index (χ4n) is 2.83. The van der Waals surface area contributed by atoms with E-state index in [1.165, 1.54) is 25.7 Å². The SMILES string of the molecule is CCC1CCN(CC(=O)NCC2CC2)C(CN)C1. The Morgan fingerprint density at radius 2 is 2.11 bits per heavy atom. The molecule has 0 aromatic carbocycles. The molecule has 1 aliphatic heterocycles. The Kier molecular flexibility index (Phi) is 5.01. The number of nitrogens with two attached hydrogens (primary N) is 1. The zero-order valence-electron chi connectivity index (χ0n) is 11.5. The van der Waals surface area contributed by atoms with Gasteiger partial charge in [-0.05, 0) is 44.1 Å². The minimum atomic E-state index is 0.176. The van der Waals surface area contributed by atoms with Crippen molar-refractivity contribution in [3.63, 3.8) is 0 Å². The molecule has 18 heavy (non-hydrogen) atoms. The Bertz CT molecular complexity index is 278. The molecule has 104 valence electrons. The standard InChI is InChI=1S/C14H27N3O/c1-2-11-5-6-17(13(7-11)8-15)10-14(18)16-9-12-3-4-12/h11-13H,2-10,15H2,1H3,(H,16,18). The van der Waals surface area contributed by atoms with Gasteiger partial charge < -0.3 is 11.1 Å². The summed E-state index contributed by atoms with van der Waals surface area (Å²) in [5, 5.41) is 3.04. The predicted octanol–water partition coefficient (Wildman–Crippen LogP) is 0.962. The van der Waals surface area contributed by atoms with E-state index in [0.29, 0.717) is 19.1 Å². The van der Waals surface area contributed by atoms with Crippen molar-refractivity contribution < 1.29 is 4.79 Å². The van der Waals surface area contributed by atoms with E-state index in [2.05, 4.69) is 17.1 Å². The summed E-state index contributed by atoms with van der Waals surface area (Å²) in [6, 6.07) is 0.398. The number of rotatable bonds is 6. The summed E-state index contributed by atoms with van der Waals surface area (Å²) < 4.78 is 0. The minimum absolute atomic E-state index is 0.176. The van der Waals surface area contributed by atoms with Gasteiger partial charge in [-0.2, -0.15) is 0 Å². The molecule has 1 heterocycles. The van der Waals surface area contributed by atoms with Crippen molar-refractivity contribution >= 4 is 5.91 Å². The zero-order chi connectivity index (χ0) is 13.0. The Labute approximate surface area is 110 Å². The number of carbonyl (C=O) groups excluding carboxylic acids is 1. The third-order valence-corrected chi connectivity index (χ3v) is 4.43. The lowest BCUT2D eigenvalue weighted by Gasteiger charge is -2.38. The Morgan fingerprint density at radius 1 is 1.33 bits per heavy atom. The molecule has 1 saturated carbocycles. The van der Waals surface area contributed by atoms with Crippen LogP contribution in [0.15, 0.2) is 0 Å². The normalized spacial score (nSPS) is 29.2. The lowest BCUT2D eigenvalue weighted by molar-refractivity contribution is -0.123. The number of hydrogen-bond donors (Lipinski definition) is 2. The van der Waals surface area contributed by atoms with Gasteiger partial charge in [0.2, 0.25) is 5.91 Å². The molecule has 2 fully saturated rings. The van der Waals surface area contributed by atoms with Gasteiger partial charge in [0.1, 0.15) is 0 Å². The average Bonchev–Trinajstić information content (AvgIpc) is 3.21. The van der Waals surface area contributed by atoms with Gasteiger partial charge in [-0.25, -0.2) is 0 Å². The van der Waals surface area contributed by atoms with Crippen LogP contribution < -0.4 is 11.1 Å². The second kappa shape index (κ2) is 6.53. The molecule has 4 heteroatoms. The van der Waals surface area contributed by atoms with Gasteiger partial charge in [-0.15, -0.1) is 0 Å². The molecule has 0 aromatic heterocycles. The molecule has 2 unspecified atom stereocenters. The van der Waals surface area contributed by atoms with Gasteiger partial charge in [0.05, 0.1) is 6.54 Å². The molecule has 2 atom stereocenters. The monoisotopic (exact) mass is 253 g/mol. The summed E-state index contributed by atoms with van der Waals surface area (Å²) in [6.45, 7) is 5.35. The largest absolute Gasteiger partial charge is 0.355 e. The second-order valence-corrected chi connectivity index (χ2v) is 5.91. The quantitative estimate of drug-likeness (QED) is 0.741. The van der Waals surface area contributed by atoms with Crippen LogP contribution in [0.25, 0.3) is 0 Å². The first-order valence-electron chi connectivity index (χ1n) is 7.43. The molecule has 2 rings (SSSR count). The molecule has 0 bridgehead atoms. The first kappa shape index (κ1) is 13.8. The van der Waals surface area contributed by atoms with Crippen molar-refractivity contribution in [3.05, 3.63) is 0 Å². The van der Waals surface area contributed by atoms with Crippen LogP contribution in [0.4, 0.5) is 0 Å². The van der Waals surface area contributed by atoms with Gasteiger partial charge in [-0.3, -0.25) is 9.69 Å². The maximum atomic E-state index is 11.9. The topological polar surface area (TPSA) is 58.4 Å². The van der Waals surface area contributed by atoms with Crippen LogP contribution in [-0.4, -0.2) is 43.0 Å². The average molecular weight is 253 g/mol. The number of nitrogens with zero attached hydrogens (tertiary/aromatic N) is 1. The molecule has 1 saturated heterocycles. The third kappa shape index (κ3) is 3.95. The van der Waals surface area contributed by atoms with Crippen molar-refractivity contribution in [2.75, 3.05) is 26.2 Å². The number of amides is 1. The molecule has 0 spiro atoms. The molecular weight excluding hydrogens is 226 g/mol. The highest BCUT2D eigenvalue weighted by Gasteiger charge is 2.28. The predicted molar refractivity (Wildman–Crippen MR) is 73.2 cm³/mol. The fourth-order valence-corrected chi connectivity index (χ4v) is 2.83. The van der Waals surface area contributed by atoms with E-state index in [0.717, 1.165) is 31.3 Å². The summed E-state index contributed by atoms with van der Waals surface area (Å²) in [5.74, 6) is 1.73. The van der Waals surface area contributed by atoms with Crippen LogP contribution in [-0.2, 0) is 4.79 Å². The second-order valence-electron chi connectivity index (χ2n) is 5.91. The first-order valence-corrected chi connectivity index (χ1v) is 7.43. The van der Waals surface area contributed by atoms with Gasteiger partial charge >= 0.3 is 0 Å². The fraction of sp³-hybridized carbons (Fsp3) is 0.929. The smallest absolute Gasteiger partial charge is 0.234 e. The minimum Gasteiger partial charge on any atom is -0.355 e. The summed E-state index contributed by atoms with van der Waals surface area (Å²) in [7, 11) is 0. The number of likely N-dealkylation sites (tertiary alicyclic amines) is 1. The van der Waals surface area contributed by atoms with E-state index in [4.69, 9.17) is 5.73 Å². The Morgan fingerprint density at radius 3 is 2.72 bits per heavy atom. The van der Waals surface area contributed by atoms with Crippen molar-refractivity contribution in [1.82, 2.24) is 10.2 Å². The zero-order valence-corrected chi connectivity index (χ0v) is 11.5. The van der Waals surface area contributed by atoms with E-state index < -0.39 is 0 Å². The van der Waals surface area contributed by atoms with Crippen molar-refractivity contribution in [3.8, 4) is 0 Å². The van der Waals surface area contributed by atoms with Crippen molar-refractivity contribution in [1.29, 1.82) is 0 Å². The lowest BCUT2D eigenvalue weighted by Crippen LogP contribution is -2.50. The number of nitrogens with one attached hydrogen (secondary N) is 1. The van der Waals surface area contributed by atoms with E-state index in [1.54, 1.807) is 0 Å². The van der Waals surface area contributed by atoms with Crippen LogP contribution in [0.2, 0.25) is 0 Å². The summed E-state index contributed by atoms with van der Waals surface area (Å²) >= 11 is 0. The van der Waals surface area contributed by atoms with Gasteiger partial charge in [-0.1, -0.05) is 13.3 Å². The molecular formula is C14H27N3O. The van der Waals surface area contributed by atoms with E-state index in [9.17, 15) is 4.79 Å². The highest BCUT2D eigenvalue weighted by Crippen LogP contribution is 2.27. The molecule has 3 N–H and O–H groups in total. The van der Waals surface area contributed by atoms with Gasteiger partial charge in [0.15, 0.2) is 0 Å². The number of piperidine rings is 1. The molecule has 4 nitrogen and oxygen atoms in total. The first-order chi connectivity index (χ1) is 8.72. The van der Waals surface area contributed by atoms with E-state index in [-0.39, 0.29) is 5.91 Å². The van der Waals surface area contributed by atoms with Gasteiger partial charge in [0.25, 0.3) is 0 Å². The molecule has 0 radical (unpaired) electrons. The molecule has 0 aromatic rings. The van der Waals surface area contributed by atoms with Crippen LogP contribution >= 0.6 is 0 Å². The number of hydrogen-bond acceptors (Lipinski definition) is 3. The maximum Gasteiger partial charge on any atom is 0.234 e. The lowest BCUT2D eigenvalue weighted by atomic mass is 9.89. The highest BCUT2D eigenvalue weighted by atomic mass is 16.2. The number of carbonyl (C=O) groups is 1. The Hall–Kier alpha value is -0.610. The van der Waals surface area contributed by atoms with Crippen LogP contribution in [0.3, 0.4) is 0 Å². The summed E-state index contributed by atoms with van der Waals surface area (Å²) in [4.78, 5) is 14.1. The Balaban J connectivity index is 1.74. The maximum absolute atomic E-state index is 11.9. The van der Waals surface area contributed by atoms with Crippen molar-refractivity contribution in [2.24, 2.45) is 17.6 Å². The van der Waals surface area contributed by atoms with E-state index >= 15 is 0 Å². The third-order valence-electron chi connectivity index (χ3n) is 4.43. The van der Waals surface area contributed by atoms with Crippen LogP contribution in [0.1, 0.15) is 39.0 Å². The highest BCUT2D eigenvalue weighted by molar-refractivity contribution is 5.78. The molecule has 1 aliphatic carbocycles. The van der Waals surface area contributed by atoms with Gasteiger partial charge in [0, 0.05) is 19.1 Å². The summed E-state index contributed by atoms with van der Waals surface area (Å²) in [6.07, 6.45) is 6.17. The van der Waals surface area contributed by atoms with Crippen LogP contribution in [0, 0.1) is 11.8 Å². The van der Waals surface area contributed by atoms with Crippen LogP contribution in [0.5, 0.6) is 0 Å². The summed E-state index contributed by atoms with van der Waals surface area (Å²) in [5.41, 5.74) is 5.85. The molecule has 2 aliphatic rings. The van der Waals surface area contributed by atoms with E-state index in [1.807, 2.05) is 0 Å². The van der Waals surface area contributed by atoms with Crippen molar-refractivity contribution in [2.45, 2.75) is 45.1 Å². The molecule has 1 amide bonds.